The minimum absolute atomic E-state index is 0.0651. The molecule has 0 saturated carbocycles. The number of aliphatic carboxylic acids is 1. The van der Waals surface area contributed by atoms with E-state index >= 15 is 0 Å². The van der Waals surface area contributed by atoms with Crippen LogP contribution in [0.2, 0.25) is 0 Å². The van der Waals surface area contributed by atoms with E-state index in [1.165, 1.54) is 141 Å². The third-order valence-electron chi connectivity index (χ3n) is 14.2. The molecule has 0 bridgehead atoms. The first-order chi connectivity index (χ1) is 36.6. The van der Waals surface area contributed by atoms with Crippen molar-refractivity contribution in [2.75, 3.05) is 13.2 Å². The molecule has 1 aliphatic rings. The summed E-state index contributed by atoms with van der Waals surface area (Å²) in [5, 5.41) is 31.5. The zero-order valence-corrected chi connectivity index (χ0v) is 48.1. The predicted octanol–water partition coefficient (Wildman–Crippen LogP) is 16.0. The topological polar surface area (TPSA) is 175 Å². The third kappa shape index (κ3) is 41.7. The molecule has 3 N–H and O–H groups in total. The van der Waals surface area contributed by atoms with Crippen LogP contribution in [-0.2, 0) is 42.9 Å². The predicted molar refractivity (Wildman–Crippen MR) is 303 cm³/mol. The van der Waals surface area contributed by atoms with Gasteiger partial charge < -0.3 is 39.0 Å². The molecule has 0 aliphatic carbocycles. The van der Waals surface area contributed by atoms with Crippen molar-refractivity contribution in [1.29, 1.82) is 0 Å². The number of carboxylic acids is 1. The lowest BCUT2D eigenvalue weighted by Crippen LogP contribution is -2.61. The van der Waals surface area contributed by atoms with Crippen LogP contribution < -0.4 is 0 Å². The molecule has 1 saturated heterocycles. The van der Waals surface area contributed by atoms with E-state index in [4.69, 9.17) is 23.7 Å². The van der Waals surface area contributed by atoms with Crippen LogP contribution in [0.15, 0.2) is 36.5 Å². The highest BCUT2D eigenvalue weighted by molar-refractivity contribution is 5.74. The zero-order valence-electron chi connectivity index (χ0n) is 48.1. The van der Waals surface area contributed by atoms with E-state index in [0.717, 1.165) is 89.9 Å². The van der Waals surface area contributed by atoms with E-state index in [0.29, 0.717) is 19.3 Å². The Morgan fingerprint density at radius 1 is 0.453 bits per heavy atom. The van der Waals surface area contributed by atoms with Gasteiger partial charge in [0, 0.05) is 19.3 Å². The monoisotopic (exact) mass is 1060 g/mol. The first kappa shape index (κ1) is 70.0. The Labute approximate surface area is 457 Å². The number of aliphatic hydroxyl groups is 2. The van der Waals surface area contributed by atoms with Gasteiger partial charge in [-0.05, 0) is 51.4 Å². The molecular formula is C63H112O12. The summed E-state index contributed by atoms with van der Waals surface area (Å²) in [6, 6.07) is 0. The van der Waals surface area contributed by atoms with Gasteiger partial charge >= 0.3 is 23.9 Å². The Hall–Kier alpha value is -3.06. The normalized spacial score (nSPS) is 18.3. The van der Waals surface area contributed by atoms with Gasteiger partial charge in [0.15, 0.2) is 24.6 Å². The summed E-state index contributed by atoms with van der Waals surface area (Å²) in [5.74, 6) is -3.11. The maximum Gasteiger partial charge on any atom is 0.335 e. The molecule has 436 valence electrons. The number of carbonyl (C=O) groups excluding carboxylic acids is 3. The van der Waals surface area contributed by atoms with Gasteiger partial charge in [-0.2, -0.15) is 0 Å². The largest absolute Gasteiger partial charge is 0.479 e. The molecule has 12 heteroatoms. The van der Waals surface area contributed by atoms with E-state index < -0.39 is 67.3 Å². The second-order valence-corrected chi connectivity index (χ2v) is 21.3. The molecule has 0 aromatic heterocycles. The summed E-state index contributed by atoms with van der Waals surface area (Å²) in [5.41, 5.74) is 0. The van der Waals surface area contributed by atoms with E-state index in [9.17, 15) is 34.5 Å². The van der Waals surface area contributed by atoms with Crippen molar-refractivity contribution in [2.45, 2.75) is 327 Å². The minimum Gasteiger partial charge on any atom is -0.479 e. The minimum atomic E-state index is -1.90. The third-order valence-corrected chi connectivity index (χ3v) is 14.2. The number of hydrogen-bond donors (Lipinski definition) is 3. The van der Waals surface area contributed by atoms with Gasteiger partial charge in [0.25, 0.3) is 0 Å². The van der Waals surface area contributed by atoms with Crippen LogP contribution in [0.4, 0.5) is 0 Å². The Morgan fingerprint density at radius 2 is 0.840 bits per heavy atom. The van der Waals surface area contributed by atoms with Crippen LogP contribution in [0, 0.1) is 0 Å². The molecule has 6 unspecified atom stereocenters. The van der Waals surface area contributed by atoms with Gasteiger partial charge in [0.1, 0.15) is 18.8 Å². The van der Waals surface area contributed by atoms with Gasteiger partial charge in [-0.15, -0.1) is 0 Å². The van der Waals surface area contributed by atoms with Gasteiger partial charge in [0.2, 0.25) is 0 Å². The highest BCUT2D eigenvalue weighted by Gasteiger charge is 2.50. The maximum atomic E-state index is 13.1. The molecule has 0 amide bonds. The average Bonchev–Trinajstić information content (AvgIpc) is 3.39. The Kier molecular flexibility index (Phi) is 48.2. The number of esters is 3. The number of hydrogen-bond acceptors (Lipinski definition) is 11. The van der Waals surface area contributed by atoms with Crippen LogP contribution in [0.1, 0.15) is 290 Å². The van der Waals surface area contributed by atoms with Crippen molar-refractivity contribution >= 4 is 23.9 Å². The molecule has 0 radical (unpaired) electrons. The van der Waals surface area contributed by atoms with E-state index in [1.54, 1.807) is 0 Å². The van der Waals surface area contributed by atoms with Crippen molar-refractivity contribution in [3.63, 3.8) is 0 Å². The fourth-order valence-electron chi connectivity index (χ4n) is 9.50. The first-order valence-corrected chi connectivity index (χ1v) is 31.0. The number of ether oxygens (including phenoxy) is 5. The molecule has 0 aromatic carbocycles. The number of carbonyl (C=O) groups is 4. The van der Waals surface area contributed by atoms with E-state index in [-0.39, 0.29) is 25.9 Å². The summed E-state index contributed by atoms with van der Waals surface area (Å²) in [6.45, 7) is 5.89. The summed E-state index contributed by atoms with van der Waals surface area (Å²) in [7, 11) is 0. The second-order valence-electron chi connectivity index (χ2n) is 21.3. The van der Waals surface area contributed by atoms with Crippen LogP contribution in [0.25, 0.3) is 0 Å². The highest BCUT2D eigenvalue weighted by Crippen LogP contribution is 2.27. The van der Waals surface area contributed by atoms with Crippen molar-refractivity contribution in [3.8, 4) is 0 Å². The molecule has 1 rings (SSSR count). The van der Waals surface area contributed by atoms with Gasteiger partial charge in [-0.25, -0.2) is 4.79 Å². The van der Waals surface area contributed by atoms with Crippen LogP contribution in [0.3, 0.4) is 0 Å². The van der Waals surface area contributed by atoms with E-state index in [1.807, 2.05) is 0 Å². The lowest BCUT2D eigenvalue weighted by molar-refractivity contribution is -0.301. The Morgan fingerprint density at radius 3 is 1.28 bits per heavy atom. The van der Waals surface area contributed by atoms with Gasteiger partial charge in [0.05, 0.1) is 6.61 Å². The van der Waals surface area contributed by atoms with Crippen LogP contribution >= 0.6 is 0 Å². The maximum absolute atomic E-state index is 13.1. The number of aliphatic hydroxyl groups excluding tert-OH is 2. The van der Waals surface area contributed by atoms with Crippen LogP contribution in [0.5, 0.6) is 0 Å². The Bertz CT molecular complexity index is 1450. The molecular weight excluding hydrogens is 949 g/mol. The van der Waals surface area contributed by atoms with Gasteiger partial charge in [-0.3, -0.25) is 14.4 Å². The smallest absolute Gasteiger partial charge is 0.335 e. The van der Waals surface area contributed by atoms with Crippen molar-refractivity contribution in [3.05, 3.63) is 36.5 Å². The lowest BCUT2D eigenvalue weighted by atomic mass is 9.98. The molecule has 0 spiro atoms. The fourth-order valence-corrected chi connectivity index (χ4v) is 9.50. The number of allylic oxidation sites excluding steroid dienone is 6. The molecule has 1 aliphatic heterocycles. The van der Waals surface area contributed by atoms with Crippen molar-refractivity contribution in [1.82, 2.24) is 0 Å². The average molecular weight is 1060 g/mol. The molecule has 0 aromatic rings. The summed E-state index contributed by atoms with van der Waals surface area (Å²) in [4.78, 5) is 51.1. The molecule has 1 fully saturated rings. The summed E-state index contributed by atoms with van der Waals surface area (Å²) < 4.78 is 28.4. The van der Waals surface area contributed by atoms with Crippen LogP contribution in [-0.4, -0.2) is 89.2 Å². The van der Waals surface area contributed by atoms with Crippen molar-refractivity contribution < 1.29 is 58.2 Å². The molecule has 6 atom stereocenters. The lowest BCUT2D eigenvalue weighted by Gasteiger charge is -2.40. The standard InChI is InChI=1S/C63H112O12/c1-4-7-10-13-16-19-22-24-26-27-28-29-31-33-36-39-42-45-48-51-57(66)74-61-59(68)58(67)60(62(69)70)75-63(61)72-53-54(73-56(65)50-47-44-41-38-34-21-18-15-12-9-6-3)52-71-55(64)49-46-43-40-37-35-32-30-25-23-20-17-14-11-8-5-2/h8,11,17,20,25,30,54,58-61,63,67-68H,4-7,9-10,12-16,18-19,21-24,26-29,31-53H2,1-3H3,(H,69,70)/b11-8-,20-17-,30-25-. The SMILES string of the molecule is CC/C=C\C/C=C\C/C=C\CCCCCCCC(=O)OCC(COC1OC(C(=O)O)C(O)C(O)C1OC(=O)CCCCCCCCCCCCCCCCCCCCC)OC(=O)CCCCCCCCCCCCC. The summed E-state index contributed by atoms with van der Waals surface area (Å²) in [6.07, 6.45) is 48.3. The number of unbranched alkanes of at least 4 members (excludes halogenated alkanes) is 33. The van der Waals surface area contributed by atoms with Crippen molar-refractivity contribution in [2.24, 2.45) is 0 Å². The number of rotatable bonds is 53. The Balaban J connectivity index is 2.63. The quantitative estimate of drug-likeness (QED) is 0.0228. The highest BCUT2D eigenvalue weighted by atomic mass is 16.7. The molecule has 75 heavy (non-hydrogen) atoms. The second kappa shape index (κ2) is 51.7. The van der Waals surface area contributed by atoms with Gasteiger partial charge in [-0.1, -0.05) is 256 Å². The summed E-state index contributed by atoms with van der Waals surface area (Å²) >= 11 is 0. The number of carboxylic acid groups (broad SMARTS) is 1. The van der Waals surface area contributed by atoms with E-state index in [2.05, 4.69) is 57.2 Å². The zero-order chi connectivity index (χ0) is 54.7. The molecule has 12 nitrogen and oxygen atoms in total. The molecule has 1 heterocycles. The fraction of sp³-hybridized carbons (Fsp3) is 0.841. The first-order valence-electron chi connectivity index (χ1n) is 31.0.